The molecule has 1 atom stereocenters. The molecule has 1 nitrogen and oxygen atoms in total. The van der Waals surface area contributed by atoms with Crippen LogP contribution in [-0.4, -0.2) is 24.4 Å². The van der Waals surface area contributed by atoms with Gasteiger partial charge in [-0.05, 0) is 25.9 Å². The third kappa shape index (κ3) is 3.24. The van der Waals surface area contributed by atoms with Crippen molar-refractivity contribution in [3.05, 3.63) is 35.9 Å². The van der Waals surface area contributed by atoms with Gasteiger partial charge in [0.1, 0.15) is 0 Å². The minimum atomic E-state index is -2.58. The standard InChI is InChI=1S/C13H17N/c1-4-10-14(3)12(2)11-13-8-6-5-7-9-13/h1,5-9,12H,10-11H2,2-3H3/t12-/m1/s1/i3D3,10D2. The lowest BCUT2D eigenvalue weighted by Gasteiger charge is -2.22. The van der Waals surface area contributed by atoms with Crippen LogP contribution in [0.2, 0.25) is 0 Å². The average Bonchev–Trinajstić information content (AvgIpc) is 2.27. The quantitative estimate of drug-likeness (QED) is 0.661. The highest BCUT2D eigenvalue weighted by Crippen LogP contribution is 2.06. The first-order valence-corrected chi connectivity index (χ1v) is 4.49. The largest absolute Gasteiger partial charge is 0.292 e. The number of likely N-dealkylation sites (N-methyl/N-ethyl adjacent to an activating group) is 1. The van der Waals surface area contributed by atoms with Gasteiger partial charge < -0.3 is 0 Å². The van der Waals surface area contributed by atoms with Crippen LogP contribution in [0.4, 0.5) is 0 Å². The van der Waals surface area contributed by atoms with Gasteiger partial charge in [0.15, 0.2) is 0 Å². The van der Waals surface area contributed by atoms with Crippen LogP contribution < -0.4 is 0 Å². The second-order valence-corrected chi connectivity index (χ2v) is 3.16. The molecule has 0 heterocycles. The molecule has 0 aliphatic carbocycles. The van der Waals surface area contributed by atoms with Crippen LogP contribution in [0.25, 0.3) is 0 Å². The van der Waals surface area contributed by atoms with Crippen molar-refractivity contribution in [1.82, 2.24) is 4.90 Å². The van der Waals surface area contributed by atoms with Gasteiger partial charge in [-0.1, -0.05) is 36.3 Å². The van der Waals surface area contributed by atoms with Crippen molar-refractivity contribution in [2.45, 2.75) is 19.4 Å². The molecular weight excluding hydrogens is 170 g/mol. The van der Waals surface area contributed by atoms with E-state index in [0.29, 0.717) is 6.42 Å². The van der Waals surface area contributed by atoms with E-state index < -0.39 is 19.5 Å². The van der Waals surface area contributed by atoms with E-state index in [0.717, 1.165) is 10.5 Å². The van der Waals surface area contributed by atoms with Crippen molar-refractivity contribution in [2.24, 2.45) is 0 Å². The zero-order valence-corrected chi connectivity index (χ0v) is 8.20. The first-order valence-electron chi connectivity index (χ1n) is 6.99. The van der Waals surface area contributed by atoms with Crippen molar-refractivity contribution >= 4 is 0 Å². The Hall–Kier alpha value is -1.26. The van der Waals surface area contributed by atoms with E-state index in [-0.39, 0.29) is 0 Å². The fourth-order valence-corrected chi connectivity index (χ4v) is 1.23. The Balaban J connectivity index is 2.97. The van der Waals surface area contributed by atoms with Gasteiger partial charge in [-0.2, -0.15) is 0 Å². The number of hydrogen-bond donors (Lipinski definition) is 0. The number of benzene rings is 1. The number of terminal acetylenes is 1. The van der Waals surface area contributed by atoms with Crippen LogP contribution in [0, 0.1) is 12.3 Å². The van der Waals surface area contributed by atoms with Crippen molar-refractivity contribution in [3.63, 3.8) is 0 Å². The molecule has 1 aromatic rings. The highest BCUT2D eigenvalue weighted by Gasteiger charge is 2.07. The first-order chi connectivity index (χ1) is 8.68. The average molecular weight is 192 g/mol. The molecule has 0 fully saturated rings. The second kappa shape index (κ2) is 5.47. The summed E-state index contributed by atoms with van der Waals surface area (Å²) >= 11 is 0. The Bertz CT molecular complexity index is 446. The third-order valence-electron chi connectivity index (χ3n) is 2.00. The molecule has 1 heteroatoms. The SMILES string of the molecule is [2H]C([2H])([2H])N([C@H](C)Cc1ccccc1)C([2H])([2H])C#C. The minimum Gasteiger partial charge on any atom is -0.292 e. The lowest BCUT2D eigenvalue weighted by molar-refractivity contribution is 0.287. The Morgan fingerprint density at radius 2 is 2.29 bits per heavy atom. The van der Waals surface area contributed by atoms with Crippen molar-refractivity contribution in [2.75, 3.05) is 13.5 Å². The van der Waals surface area contributed by atoms with E-state index in [1.807, 2.05) is 36.3 Å². The summed E-state index contributed by atoms with van der Waals surface area (Å²) in [5.41, 5.74) is 0.942. The molecule has 0 N–H and O–H groups in total. The normalized spacial score (nSPS) is 19.6. The fourth-order valence-electron chi connectivity index (χ4n) is 1.23. The predicted octanol–water partition coefficient (Wildman–Crippen LogP) is 2.18. The molecule has 0 radical (unpaired) electrons. The summed E-state index contributed by atoms with van der Waals surface area (Å²) in [5, 5.41) is 0. The van der Waals surface area contributed by atoms with Crippen LogP contribution in [-0.2, 0) is 6.42 Å². The number of hydrogen-bond acceptors (Lipinski definition) is 1. The monoisotopic (exact) mass is 192 g/mol. The van der Waals surface area contributed by atoms with Gasteiger partial charge >= 0.3 is 0 Å². The Labute approximate surface area is 93.8 Å². The molecule has 0 spiro atoms. The van der Waals surface area contributed by atoms with E-state index in [4.69, 9.17) is 13.3 Å². The van der Waals surface area contributed by atoms with Gasteiger partial charge in [0.25, 0.3) is 0 Å². The van der Waals surface area contributed by atoms with E-state index >= 15 is 0 Å². The molecule has 0 aliphatic rings. The number of nitrogens with zero attached hydrogens (tertiary/aromatic N) is 1. The summed E-state index contributed by atoms with van der Waals surface area (Å²) in [4.78, 5) is 0.771. The molecule has 0 bridgehead atoms. The Morgan fingerprint density at radius 1 is 1.57 bits per heavy atom. The first kappa shape index (κ1) is 5.58. The van der Waals surface area contributed by atoms with Gasteiger partial charge in [0.05, 0.1) is 9.24 Å². The maximum atomic E-state index is 7.68. The second-order valence-electron chi connectivity index (χ2n) is 3.16. The van der Waals surface area contributed by atoms with E-state index in [2.05, 4.69) is 0 Å². The van der Waals surface area contributed by atoms with Crippen molar-refractivity contribution in [3.8, 4) is 12.3 Å². The molecule has 1 aromatic carbocycles. The zero-order chi connectivity index (χ0) is 14.7. The van der Waals surface area contributed by atoms with Crippen LogP contribution in [0.5, 0.6) is 0 Å². The molecule has 0 saturated heterocycles. The molecule has 0 amide bonds. The van der Waals surface area contributed by atoms with Crippen molar-refractivity contribution < 1.29 is 6.85 Å². The molecule has 0 aliphatic heterocycles. The molecule has 74 valence electrons. The fraction of sp³-hybridized carbons (Fsp3) is 0.385. The summed E-state index contributed by atoms with van der Waals surface area (Å²) in [7, 11) is 0. The van der Waals surface area contributed by atoms with Gasteiger partial charge in [-0.3, -0.25) is 4.90 Å². The lowest BCUT2D eigenvalue weighted by Crippen LogP contribution is -2.31. The van der Waals surface area contributed by atoms with E-state index in [1.165, 1.54) is 0 Å². The van der Waals surface area contributed by atoms with Crippen LogP contribution in [0.15, 0.2) is 30.3 Å². The van der Waals surface area contributed by atoms with E-state index in [1.54, 1.807) is 6.92 Å². The summed E-state index contributed by atoms with van der Waals surface area (Å²) in [6.45, 7) is -3.22. The summed E-state index contributed by atoms with van der Waals surface area (Å²) < 4.78 is 37.8. The highest BCUT2D eigenvalue weighted by molar-refractivity contribution is 5.15. The third-order valence-corrected chi connectivity index (χ3v) is 2.00. The van der Waals surface area contributed by atoms with Gasteiger partial charge in [-0.25, -0.2) is 0 Å². The highest BCUT2D eigenvalue weighted by atomic mass is 15.1. The van der Waals surface area contributed by atoms with Gasteiger partial charge in [0, 0.05) is 10.2 Å². The molecular formula is C13H17N. The summed E-state index contributed by atoms with van der Waals surface area (Å²) in [5.74, 6) is 1.91. The predicted molar refractivity (Wildman–Crippen MR) is 61.1 cm³/mol. The van der Waals surface area contributed by atoms with Gasteiger partial charge in [0.2, 0.25) is 0 Å². The maximum Gasteiger partial charge on any atom is 0.0598 e. The summed E-state index contributed by atoms with van der Waals surface area (Å²) in [6.07, 6.45) is 5.54. The zero-order valence-electron chi connectivity index (χ0n) is 13.2. The lowest BCUT2D eigenvalue weighted by atomic mass is 10.1. The van der Waals surface area contributed by atoms with Gasteiger partial charge in [-0.15, -0.1) is 6.42 Å². The molecule has 1 rings (SSSR count). The summed E-state index contributed by atoms with van der Waals surface area (Å²) in [6, 6.07) is 8.80. The van der Waals surface area contributed by atoms with Crippen LogP contribution in [0.3, 0.4) is 0 Å². The topological polar surface area (TPSA) is 3.24 Å². The minimum absolute atomic E-state index is 0.417. The molecule has 0 aromatic heterocycles. The smallest absolute Gasteiger partial charge is 0.0598 e. The molecule has 0 unspecified atom stereocenters. The Morgan fingerprint density at radius 3 is 2.86 bits per heavy atom. The molecule has 0 saturated carbocycles. The number of rotatable bonds is 4. The van der Waals surface area contributed by atoms with Crippen LogP contribution in [0.1, 0.15) is 19.3 Å². The maximum absolute atomic E-state index is 7.68. The Kier molecular flexibility index (Phi) is 2.18. The van der Waals surface area contributed by atoms with Crippen LogP contribution >= 0.6 is 0 Å². The van der Waals surface area contributed by atoms with E-state index in [9.17, 15) is 0 Å². The molecule has 14 heavy (non-hydrogen) atoms. The van der Waals surface area contributed by atoms with Crippen molar-refractivity contribution in [1.29, 1.82) is 0 Å².